The van der Waals surface area contributed by atoms with Gasteiger partial charge in [0.1, 0.15) is 5.60 Å². The zero-order chi connectivity index (χ0) is 17.7. The van der Waals surface area contributed by atoms with Crippen molar-refractivity contribution in [2.75, 3.05) is 39.8 Å². The average molecular weight is 340 g/mol. The van der Waals surface area contributed by atoms with Crippen LogP contribution in [0.2, 0.25) is 0 Å². The molecule has 1 amide bonds. The van der Waals surface area contributed by atoms with Crippen LogP contribution >= 0.6 is 0 Å². The Balaban J connectivity index is 1.78. The van der Waals surface area contributed by atoms with E-state index in [1.54, 1.807) is 0 Å². The van der Waals surface area contributed by atoms with Crippen molar-refractivity contribution in [2.24, 2.45) is 11.8 Å². The predicted molar refractivity (Wildman–Crippen MR) is 98.2 cm³/mol. The number of nitrogens with one attached hydrogen (secondary N) is 1. The molecule has 24 heavy (non-hydrogen) atoms. The minimum Gasteiger partial charge on any atom is -0.444 e. The Hall–Kier alpha value is -0.810. The maximum absolute atomic E-state index is 12.2. The predicted octanol–water partition coefficient (Wildman–Crippen LogP) is 2.95. The quantitative estimate of drug-likeness (QED) is 0.836. The minimum absolute atomic E-state index is 0.159. The molecule has 2 saturated heterocycles. The summed E-state index contributed by atoms with van der Waals surface area (Å²) in [6.07, 6.45) is 4.69. The average Bonchev–Trinajstić information content (AvgIpc) is 2.96. The third-order valence-electron chi connectivity index (χ3n) is 5.28. The first-order chi connectivity index (χ1) is 11.3. The van der Waals surface area contributed by atoms with Gasteiger partial charge in [0, 0.05) is 25.7 Å². The molecule has 0 aromatic carbocycles. The van der Waals surface area contributed by atoms with E-state index in [1.807, 2.05) is 25.7 Å². The molecular weight excluding hydrogens is 302 g/mol. The van der Waals surface area contributed by atoms with E-state index in [0.717, 1.165) is 38.4 Å². The fourth-order valence-corrected chi connectivity index (χ4v) is 4.01. The van der Waals surface area contributed by atoms with Crippen molar-refractivity contribution in [3.8, 4) is 0 Å². The molecule has 0 spiro atoms. The Morgan fingerprint density at radius 2 is 2.00 bits per heavy atom. The van der Waals surface area contributed by atoms with Gasteiger partial charge in [-0.15, -0.1) is 0 Å². The van der Waals surface area contributed by atoms with E-state index < -0.39 is 5.60 Å². The second kappa shape index (κ2) is 8.52. The molecule has 0 saturated carbocycles. The number of nitrogens with zero attached hydrogens (tertiary/aromatic N) is 2. The van der Waals surface area contributed by atoms with Gasteiger partial charge in [-0.25, -0.2) is 4.79 Å². The van der Waals surface area contributed by atoms with Crippen LogP contribution < -0.4 is 5.32 Å². The van der Waals surface area contributed by atoms with Crippen molar-refractivity contribution < 1.29 is 9.53 Å². The van der Waals surface area contributed by atoms with Crippen LogP contribution in [0.1, 0.15) is 53.4 Å². The number of hydrogen-bond donors (Lipinski definition) is 1. The Bertz CT molecular complexity index is 408. The third-order valence-corrected chi connectivity index (χ3v) is 5.28. The SMILES string of the molecule is CCC(NCC1CCCN(C)C1)C1CCN(C(=O)OC(C)(C)C)C1. The molecule has 0 radical (unpaired) electrons. The molecular formula is C19H37N3O2. The number of carbonyl (C=O) groups excluding carboxylic acids is 1. The number of carbonyl (C=O) groups is 1. The Morgan fingerprint density at radius 1 is 1.25 bits per heavy atom. The lowest BCUT2D eigenvalue weighted by Crippen LogP contribution is -2.44. The molecule has 0 aromatic rings. The van der Waals surface area contributed by atoms with Gasteiger partial charge < -0.3 is 19.9 Å². The van der Waals surface area contributed by atoms with Gasteiger partial charge in [-0.3, -0.25) is 0 Å². The van der Waals surface area contributed by atoms with Crippen molar-refractivity contribution in [3.63, 3.8) is 0 Å². The second-order valence-corrected chi connectivity index (χ2v) is 8.67. The van der Waals surface area contributed by atoms with Gasteiger partial charge in [0.15, 0.2) is 0 Å². The fraction of sp³-hybridized carbons (Fsp3) is 0.947. The summed E-state index contributed by atoms with van der Waals surface area (Å²) >= 11 is 0. The highest BCUT2D eigenvalue weighted by atomic mass is 16.6. The van der Waals surface area contributed by atoms with Crippen LogP contribution in [0.4, 0.5) is 4.79 Å². The molecule has 2 aliphatic rings. The molecule has 1 N–H and O–H groups in total. The summed E-state index contributed by atoms with van der Waals surface area (Å²) in [7, 11) is 2.22. The lowest BCUT2D eigenvalue weighted by Gasteiger charge is -2.32. The molecule has 140 valence electrons. The van der Waals surface area contributed by atoms with Gasteiger partial charge >= 0.3 is 6.09 Å². The molecule has 0 aromatic heterocycles. The highest BCUT2D eigenvalue weighted by Gasteiger charge is 2.33. The summed E-state index contributed by atoms with van der Waals surface area (Å²) < 4.78 is 5.51. The van der Waals surface area contributed by atoms with Gasteiger partial charge in [0.05, 0.1) is 0 Å². The Labute approximate surface area is 148 Å². The number of ether oxygens (including phenoxy) is 1. The van der Waals surface area contributed by atoms with Crippen LogP contribution in [0.3, 0.4) is 0 Å². The van der Waals surface area contributed by atoms with Crippen LogP contribution in [0, 0.1) is 11.8 Å². The van der Waals surface area contributed by atoms with E-state index in [0.29, 0.717) is 12.0 Å². The molecule has 2 heterocycles. The van der Waals surface area contributed by atoms with Crippen molar-refractivity contribution in [1.82, 2.24) is 15.1 Å². The van der Waals surface area contributed by atoms with Crippen LogP contribution in [0.5, 0.6) is 0 Å². The van der Waals surface area contributed by atoms with Crippen LogP contribution in [-0.4, -0.2) is 67.3 Å². The number of amides is 1. The maximum Gasteiger partial charge on any atom is 0.410 e. The molecule has 3 atom stereocenters. The normalized spacial score (nSPS) is 27.3. The summed E-state index contributed by atoms with van der Waals surface area (Å²) in [4.78, 5) is 16.6. The molecule has 2 fully saturated rings. The van der Waals surface area contributed by atoms with E-state index in [2.05, 4.69) is 24.2 Å². The number of likely N-dealkylation sites (tertiary alicyclic amines) is 2. The first kappa shape index (κ1) is 19.5. The molecule has 5 nitrogen and oxygen atoms in total. The van der Waals surface area contributed by atoms with Crippen LogP contribution in [-0.2, 0) is 4.74 Å². The fourth-order valence-electron chi connectivity index (χ4n) is 4.01. The highest BCUT2D eigenvalue weighted by Crippen LogP contribution is 2.24. The summed E-state index contributed by atoms with van der Waals surface area (Å²) in [6.45, 7) is 13.2. The lowest BCUT2D eigenvalue weighted by atomic mass is 9.94. The monoisotopic (exact) mass is 339 g/mol. The first-order valence-electron chi connectivity index (χ1n) is 9.68. The van der Waals surface area contributed by atoms with Crippen molar-refractivity contribution >= 4 is 6.09 Å². The van der Waals surface area contributed by atoms with E-state index in [1.165, 1.54) is 25.9 Å². The zero-order valence-corrected chi connectivity index (χ0v) is 16.3. The maximum atomic E-state index is 12.2. The highest BCUT2D eigenvalue weighted by molar-refractivity contribution is 5.68. The van der Waals surface area contributed by atoms with E-state index >= 15 is 0 Å². The van der Waals surface area contributed by atoms with Gasteiger partial charge in [-0.2, -0.15) is 0 Å². The minimum atomic E-state index is -0.412. The van der Waals surface area contributed by atoms with Crippen LogP contribution in [0.25, 0.3) is 0 Å². The molecule has 3 unspecified atom stereocenters. The summed E-state index contributed by atoms with van der Waals surface area (Å²) in [5.41, 5.74) is -0.412. The summed E-state index contributed by atoms with van der Waals surface area (Å²) in [5, 5.41) is 3.80. The molecule has 2 rings (SSSR count). The number of piperidine rings is 1. The van der Waals surface area contributed by atoms with Gasteiger partial charge in [0.2, 0.25) is 0 Å². The number of hydrogen-bond acceptors (Lipinski definition) is 4. The Morgan fingerprint density at radius 3 is 2.62 bits per heavy atom. The Kier molecular flexibility index (Phi) is 6.93. The zero-order valence-electron chi connectivity index (χ0n) is 16.3. The smallest absolute Gasteiger partial charge is 0.410 e. The molecule has 0 bridgehead atoms. The van der Waals surface area contributed by atoms with Crippen molar-refractivity contribution in [1.29, 1.82) is 0 Å². The van der Waals surface area contributed by atoms with Gasteiger partial charge in [-0.1, -0.05) is 6.92 Å². The summed E-state index contributed by atoms with van der Waals surface area (Å²) in [6, 6.07) is 0.504. The lowest BCUT2D eigenvalue weighted by molar-refractivity contribution is 0.0285. The largest absolute Gasteiger partial charge is 0.444 e. The van der Waals surface area contributed by atoms with Crippen LogP contribution in [0.15, 0.2) is 0 Å². The van der Waals surface area contributed by atoms with Crippen molar-refractivity contribution in [2.45, 2.75) is 65.0 Å². The molecule has 2 aliphatic heterocycles. The summed E-state index contributed by atoms with van der Waals surface area (Å²) in [5.74, 6) is 1.31. The van der Waals surface area contributed by atoms with Crippen molar-refractivity contribution in [3.05, 3.63) is 0 Å². The number of rotatable bonds is 5. The molecule has 5 heteroatoms. The third kappa shape index (κ3) is 5.92. The molecule has 0 aliphatic carbocycles. The van der Waals surface area contributed by atoms with Gasteiger partial charge in [0.25, 0.3) is 0 Å². The van der Waals surface area contributed by atoms with E-state index in [-0.39, 0.29) is 6.09 Å². The van der Waals surface area contributed by atoms with Gasteiger partial charge in [-0.05, 0) is 78.4 Å². The second-order valence-electron chi connectivity index (χ2n) is 8.67. The first-order valence-corrected chi connectivity index (χ1v) is 9.68. The topological polar surface area (TPSA) is 44.8 Å². The van der Waals surface area contributed by atoms with E-state index in [4.69, 9.17) is 4.74 Å². The van der Waals surface area contributed by atoms with E-state index in [9.17, 15) is 4.79 Å². The standard InChI is InChI=1S/C19H37N3O2/c1-6-17(20-12-15-8-7-10-21(5)13-15)16-9-11-22(14-16)18(23)24-19(2,3)4/h15-17,20H,6-14H2,1-5H3.